The van der Waals surface area contributed by atoms with E-state index in [0.29, 0.717) is 42.5 Å². The van der Waals surface area contributed by atoms with Gasteiger partial charge in [0.25, 0.3) is 0 Å². The molecular formula is C19H22F2IN3O4. The number of furan rings is 1. The molecule has 0 spiro atoms. The minimum Gasteiger partial charge on any atom is -0.469 e. The second-order valence-corrected chi connectivity index (χ2v) is 5.78. The third-order valence-electron chi connectivity index (χ3n) is 3.84. The molecule has 1 aliphatic heterocycles. The van der Waals surface area contributed by atoms with Crippen molar-refractivity contribution in [1.29, 1.82) is 0 Å². The second-order valence-electron chi connectivity index (χ2n) is 5.78. The normalized spacial score (nSPS) is 12.4. The molecule has 0 bridgehead atoms. The molecular weight excluding hydrogens is 499 g/mol. The summed E-state index contributed by atoms with van der Waals surface area (Å²) in [7, 11) is 0. The number of rotatable bonds is 9. The van der Waals surface area contributed by atoms with Gasteiger partial charge < -0.3 is 29.3 Å². The number of nitrogens with one attached hydrogen (secondary N) is 2. The van der Waals surface area contributed by atoms with Crippen molar-refractivity contribution >= 4 is 29.9 Å². The minimum absolute atomic E-state index is 0. The molecule has 2 N–H and O–H groups in total. The first-order valence-corrected chi connectivity index (χ1v) is 8.68. The van der Waals surface area contributed by atoms with E-state index in [1.807, 2.05) is 12.1 Å². The first-order chi connectivity index (χ1) is 13.7. The first-order valence-electron chi connectivity index (χ1n) is 8.68. The lowest BCUT2D eigenvalue weighted by Gasteiger charge is -2.13. The molecule has 7 nitrogen and oxygen atoms in total. The van der Waals surface area contributed by atoms with Crippen molar-refractivity contribution in [2.75, 3.05) is 19.9 Å². The number of hydrogen-bond donors (Lipinski definition) is 2. The van der Waals surface area contributed by atoms with E-state index < -0.39 is 6.61 Å². The van der Waals surface area contributed by atoms with Gasteiger partial charge in [-0.05, 0) is 18.2 Å². The summed E-state index contributed by atoms with van der Waals surface area (Å²) < 4.78 is 45.9. The highest BCUT2D eigenvalue weighted by molar-refractivity contribution is 14.0. The first kappa shape index (κ1) is 22.8. The topological polar surface area (TPSA) is 77.3 Å². The quantitative estimate of drug-likeness (QED) is 0.227. The fourth-order valence-electron chi connectivity index (χ4n) is 2.56. The van der Waals surface area contributed by atoms with Crippen LogP contribution in [0.3, 0.4) is 0 Å². The molecule has 1 aromatic heterocycles. The number of nitrogens with zero attached hydrogens (tertiary/aromatic N) is 1. The van der Waals surface area contributed by atoms with Gasteiger partial charge >= 0.3 is 6.61 Å². The lowest BCUT2D eigenvalue weighted by atomic mass is 10.1. The van der Waals surface area contributed by atoms with E-state index in [9.17, 15) is 8.78 Å². The molecule has 0 atom stereocenters. The highest BCUT2D eigenvalue weighted by atomic mass is 127. The molecule has 3 rings (SSSR count). The molecule has 10 heteroatoms. The monoisotopic (exact) mass is 521 g/mol. The summed E-state index contributed by atoms with van der Waals surface area (Å²) in [5, 5.41) is 6.24. The van der Waals surface area contributed by atoms with E-state index >= 15 is 0 Å². The van der Waals surface area contributed by atoms with E-state index in [1.165, 1.54) is 6.07 Å². The van der Waals surface area contributed by atoms with Gasteiger partial charge in [0.15, 0.2) is 17.5 Å². The Morgan fingerprint density at radius 1 is 1.28 bits per heavy atom. The van der Waals surface area contributed by atoms with E-state index in [2.05, 4.69) is 26.9 Å². The number of aliphatic imine (C=N–C) groups is 1. The van der Waals surface area contributed by atoms with Crippen molar-refractivity contribution < 1.29 is 27.4 Å². The summed E-state index contributed by atoms with van der Waals surface area (Å²) in [4.78, 5) is 4.44. The Morgan fingerprint density at radius 2 is 2.07 bits per heavy atom. The predicted octanol–water partition coefficient (Wildman–Crippen LogP) is 3.69. The fraction of sp³-hybridized carbons (Fsp3) is 0.316. The van der Waals surface area contributed by atoms with Crippen LogP contribution >= 0.6 is 24.0 Å². The zero-order valence-electron chi connectivity index (χ0n) is 15.5. The Labute approximate surface area is 184 Å². The summed E-state index contributed by atoms with van der Waals surface area (Å²) in [6, 6.07) is 6.69. The van der Waals surface area contributed by atoms with E-state index in [4.69, 9.17) is 13.9 Å². The molecule has 2 heterocycles. The van der Waals surface area contributed by atoms with Crippen LogP contribution in [0.25, 0.3) is 0 Å². The van der Waals surface area contributed by atoms with Crippen LogP contribution < -0.4 is 24.8 Å². The fourth-order valence-corrected chi connectivity index (χ4v) is 2.56. The number of halogens is 3. The van der Waals surface area contributed by atoms with Crippen molar-refractivity contribution in [1.82, 2.24) is 10.6 Å². The highest BCUT2D eigenvalue weighted by Crippen LogP contribution is 2.39. The number of benzene rings is 1. The van der Waals surface area contributed by atoms with E-state index in [1.54, 1.807) is 18.4 Å². The molecule has 158 valence electrons. The molecule has 1 aromatic carbocycles. The lowest BCUT2D eigenvalue weighted by Crippen LogP contribution is -2.38. The average molecular weight is 521 g/mol. The van der Waals surface area contributed by atoms with Crippen LogP contribution in [-0.4, -0.2) is 32.5 Å². The van der Waals surface area contributed by atoms with Crippen molar-refractivity contribution in [2.45, 2.75) is 19.6 Å². The third-order valence-corrected chi connectivity index (χ3v) is 3.84. The Kier molecular flexibility index (Phi) is 9.03. The summed E-state index contributed by atoms with van der Waals surface area (Å²) >= 11 is 0. The molecule has 0 unspecified atom stereocenters. The number of hydrogen-bond acceptors (Lipinski definition) is 5. The Morgan fingerprint density at radius 3 is 2.76 bits per heavy atom. The lowest BCUT2D eigenvalue weighted by molar-refractivity contribution is -0.0505. The molecule has 0 radical (unpaired) electrons. The predicted molar refractivity (Wildman–Crippen MR) is 114 cm³/mol. The molecule has 0 saturated heterocycles. The van der Waals surface area contributed by atoms with Gasteiger partial charge in [-0.2, -0.15) is 8.78 Å². The van der Waals surface area contributed by atoms with E-state index in [-0.39, 0.29) is 43.1 Å². The van der Waals surface area contributed by atoms with Crippen LogP contribution in [0.5, 0.6) is 17.2 Å². The average Bonchev–Trinajstić information content (AvgIpc) is 3.34. The molecule has 0 aliphatic carbocycles. The maximum absolute atomic E-state index is 12.7. The number of guanidine groups is 1. The van der Waals surface area contributed by atoms with Crippen LogP contribution in [0.15, 0.2) is 52.6 Å². The molecule has 2 aromatic rings. The smallest absolute Gasteiger partial charge is 0.387 e. The largest absolute Gasteiger partial charge is 0.469 e. The minimum atomic E-state index is -2.95. The maximum atomic E-state index is 12.7. The highest BCUT2D eigenvalue weighted by Gasteiger charge is 2.20. The van der Waals surface area contributed by atoms with Crippen molar-refractivity contribution in [3.8, 4) is 17.2 Å². The van der Waals surface area contributed by atoms with Gasteiger partial charge in [0.1, 0.15) is 11.5 Å². The van der Waals surface area contributed by atoms with Crippen LogP contribution in [0.2, 0.25) is 0 Å². The van der Waals surface area contributed by atoms with E-state index in [0.717, 1.165) is 5.76 Å². The van der Waals surface area contributed by atoms with Gasteiger partial charge in [-0.3, -0.25) is 0 Å². The van der Waals surface area contributed by atoms with Crippen LogP contribution in [-0.2, 0) is 13.0 Å². The summed E-state index contributed by atoms with van der Waals surface area (Å²) in [6.45, 7) is 1.93. The Bertz CT molecular complexity index is 816. The van der Waals surface area contributed by atoms with Crippen molar-refractivity contribution in [3.05, 3.63) is 54.5 Å². The van der Waals surface area contributed by atoms with Crippen LogP contribution in [0.1, 0.15) is 11.3 Å². The SMILES string of the molecule is C=CCNC(=NCc1cc2c(cc1OC(F)F)OCO2)NCCc1ccco1.I. The van der Waals surface area contributed by atoms with Gasteiger partial charge in [0, 0.05) is 31.1 Å². The summed E-state index contributed by atoms with van der Waals surface area (Å²) in [5.41, 5.74) is 0.454. The van der Waals surface area contributed by atoms with Crippen LogP contribution in [0.4, 0.5) is 8.78 Å². The maximum Gasteiger partial charge on any atom is 0.387 e. The summed E-state index contributed by atoms with van der Waals surface area (Å²) in [6.07, 6.45) is 3.98. The molecule has 29 heavy (non-hydrogen) atoms. The van der Waals surface area contributed by atoms with Crippen molar-refractivity contribution in [3.63, 3.8) is 0 Å². The van der Waals surface area contributed by atoms with Gasteiger partial charge in [-0.15, -0.1) is 30.6 Å². The molecule has 0 saturated carbocycles. The Hall–Kier alpha value is -2.50. The molecule has 0 amide bonds. The molecule has 1 aliphatic rings. The standard InChI is InChI=1S/C19H21F2N3O4.HI/c1-2-6-22-19(23-7-5-14-4-3-8-25-14)24-11-13-9-16-17(27-12-26-16)10-15(13)28-18(20)21;/h2-4,8-10,18H,1,5-7,11-12H2,(H2,22,23,24);1H. The van der Waals surface area contributed by atoms with Gasteiger partial charge in [0.2, 0.25) is 6.79 Å². The third kappa shape index (κ3) is 6.80. The summed E-state index contributed by atoms with van der Waals surface area (Å²) in [5.74, 6) is 2.19. The zero-order chi connectivity index (χ0) is 19.8. The second kappa shape index (κ2) is 11.5. The Balaban J connectivity index is 0.00000300. The zero-order valence-corrected chi connectivity index (χ0v) is 17.9. The molecule has 0 fully saturated rings. The van der Waals surface area contributed by atoms with Gasteiger partial charge in [-0.1, -0.05) is 6.08 Å². The van der Waals surface area contributed by atoms with Gasteiger partial charge in [0.05, 0.1) is 12.8 Å². The van der Waals surface area contributed by atoms with Crippen molar-refractivity contribution in [2.24, 2.45) is 4.99 Å². The number of alkyl halides is 2. The van der Waals surface area contributed by atoms with Crippen LogP contribution in [0, 0.1) is 0 Å². The number of ether oxygens (including phenoxy) is 3. The number of fused-ring (bicyclic) bond motifs is 1. The van der Waals surface area contributed by atoms with Gasteiger partial charge in [-0.25, -0.2) is 4.99 Å².